The van der Waals surface area contributed by atoms with Crippen LogP contribution >= 0.6 is 0 Å². The molecule has 10 heteroatoms. The Hall–Kier alpha value is -3.76. The summed E-state index contributed by atoms with van der Waals surface area (Å²) in [5.74, 6) is -1.64. The van der Waals surface area contributed by atoms with Crippen LogP contribution in [0.1, 0.15) is 18.6 Å². The number of nitrogens with one attached hydrogen (secondary N) is 2. The van der Waals surface area contributed by atoms with E-state index in [2.05, 4.69) is 10.0 Å². The molecule has 0 spiro atoms. The third-order valence-corrected chi connectivity index (χ3v) is 6.30. The number of benzene rings is 3. The fourth-order valence-corrected chi connectivity index (χ4v) is 4.16. The van der Waals surface area contributed by atoms with Gasteiger partial charge in [0.2, 0.25) is 16.1 Å². The van der Waals surface area contributed by atoms with Crippen molar-refractivity contribution in [3.05, 3.63) is 90.2 Å². The Morgan fingerprint density at radius 2 is 1.53 bits per heavy atom. The lowest BCUT2D eigenvalue weighted by Crippen LogP contribution is -2.41. The van der Waals surface area contributed by atoms with Crippen molar-refractivity contribution in [2.45, 2.75) is 24.0 Å². The summed E-state index contributed by atoms with van der Waals surface area (Å²) >= 11 is 0. The van der Waals surface area contributed by atoms with E-state index in [9.17, 15) is 22.4 Å². The Morgan fingerprint density at radius 1 is 0.912 bits per heavy atom. The van der Waals surface area contributed by atoms with Gasteiger partial charge in [-0.25, -0.2) is 12.8 Å². The van der Waals surface area contributed by atoms with E-state index >= 15 is 0 Å². The maximum atomic E-state index is 13.2. The van der Waals surface area contributed by atoms with Crippen LogP contribution in [0.25, 0.3) is 0 Å². The minimum Gasteiger partial charge on any atom is -0.497 e. The minimum absolute atomic E-state index is 0.0680. The van der Waals surface area contributed by atoms with Crippen LogP contribution in [0, 0.1) is 5.82 Å². The van der Waals surface area contributed by atoms with E-state index < -0.39 is 39.9 Å². The lowest BCUT2D eigenvalue weighted by Gasteiger charge is -2.21. The van der Waals surface area contributed by atoms with Crippen LogP contribution in [-0.2, 0) is 24.3 Å². The zero-order valence-corrected chi connectivity index (χ0v) is 19.2. The fourth-order valence-electron chi connectivity index (χ4n) is 2.96. The number of amides is 1. The van der Waals surface area contributed by atoms with Crippen LogP contribution in [0.15, 0.2) is 83.8 Å². The number of rotatable bonds is 9. The highest BCUT2D eigenvalue weighted by Gasteiger charge is 2.30. The second-order valence-electron chi connectivity index (χ2n) is 7.24. The maximum absolute atomic E-state index is 13.2. The summed E-state index contributed by atoms with van der Waals surface area (Å²) < 4.78 is 51.1. The first-order valence-corrected chi connectivity index (χ1v) is 11.7. The molecule has 8 nitrogen and oxygen atoms in total. The molecule has 2 unspecified atom stereocenters. The largest absolute Gasteiger partial charge is 0.497 e. The van der Waals surface area contributed by atoms with E-state index in [-0.39, 0.29) is 4.90 Å². The molecule has 0 aliphatic heterocycles. The van der Waals surface area contributed by atoms with Crippen LogP contribution in [0.5, 0.6) is 5.75 Å². The molecule has 3 aromatic carbocycles. The van der Waals surface area contributed by atoms with Gasteiger partial charge in [-0.15, -0.1) is 0 Å². The quantitative estimate of drug-likeness (QED) is 0.449. The van der Waals surface area contributed by atoms with Crippen LogP contribution in [0.2, 0.25) is 0 Å². The summed E-state index contributed by atoms with van der Waals surface area (Å²) in [6, 6.07) is 17.6. The number of carbonyl (C=O) groups excluding carboxylic acids is 2. The predicted molar refractivity (Wildman–Crippen MR) is 123 cm³/mol. The Bertz CT molecular complexity index is 1230. The van der Waals surface area contributed by atoms with Gasteiger partial charge >= 0.3 is 5.97 Å². The summed E-state index contributed by atoms with van der Waals surface area (Å²) in [5.41, 5.74) is 0.678. The standard InChI is InChI=1S/C24H23FN2O6S/c1-16(27-34(30,31)21-14-12-20(32-2)13-15-21)24(29)33-22(17-6-4-3-5-7-17)23(28)26-19-10-8-18(25)9-11-19/h3-16,22,27H,1-2H3,(H,26,28). The van der Waals surface area contributed by atoms with Crippen LogP contribution < -0.4 is 14.8 Å². The molecule has 0 saturated heterocycles. The number of ether oxygens (including phenoxy) is 2. The molecule has 0 aromatic heterocycles. The number of sulfonamides is 1. The van der Waals surface area contributed by atoms with Crippen molar-refractivity contribution in [3.63, 3.8) is 0 Å². The Kier molecular flexibility index (Phi) is 7.98. The Balaban J connectivity index is 1.75. The molecule has 3 rings (SSSR count). The van der Waals surface area contributed by atoms with Crippen LogP contribution in [-0.4, -0.2) is 33.4 Å². The first kappa shape index (κ1) is 24.9. The molecule has 34 heavy (non-hydrogen) atoms. The van der Waals surface area contributed by atoms with Gasteiger partial charge in [-0.2, -0.15) is 4.72 Å². The molecular formula is C24H23FN2O6S. The number of halogens is 1. The second-order valence-corrected chi connectivity index (χ2v) is 8.96. The summed E-state index contributed by atoms with van der Waals surface area (Å²) in [6.07, 6.45) is -1.37. The van der Waals surface area contributed by atoms with E-state index in [1.54, 1.807) is 30.3 Å². The van der Waals surface area contributed by atoms with E-state index in [1.807, 2.05) is 0 Å². The molecule has 178 valence electrons. The molecule has 1 amide bonds. The summed E-state index contributed by atoms with van der Waals surface area (Å²) in [6.45, 7) is 1.31. The molecule has 3 aromatic rings. The van der Waals surface area contributed by atoms with Crippen molar-refractivity contribution in [1.29, 1.82) is 0 Å². The third-order valence-electron chi connectivity index (χ3n) is 4.74. The highest BCUT2D eigenvalue weighted by Crippen LogP contribution is 2.22. The Morgan fingerprint density at radius 3 is 2.12 bits per heavy atom. The molecular weight excluding hydrogens is 463 g/mol. The molecule has 2 atom stereocenters. The van der Waals surface area contributed by atoms with Gasteiger partial charge in [-0.05, 0) is 55.5 Å². The van der Waals surface area contributed by atoms with Gasteiger partial charge in [-0.1, -0.05) is 30.3 Å². The van der Waals surface area contributed by atoms with Gasteiger partial charge < -0.3 is 14.8 Å². The zero-order chi connectivity index (χ0) is 24.7. The zero-order valence-electron chi connectivity index (χ0n) is 18.4. The maximum Gasteiger partial charge on any atom is 0.325 e. The van der Waals surface area contributed by atoms with Crippen molar-refractivity contribution in [3.8, 4) is 5.75 Å². The van der Waals surface area contributed by atoms with Crippen molar-refractivity contribution in [2.24, 2.45) is 0 Å². The summed E-state index contributed by atoms with van der Waals surface area (Å²) in [7, 11) is -2.59. The monoisotopic (exact) mass is 486 g/mol. The lowest BCUT2D eigenvalue weighted by atomic mass is 10.1. The molecule has 0 radical (unpaired) electrons. The molecule has 0 aliphatic rings. The fraction of sp³-hybridized carbons (Fsp3) is 0.167. The van der Waals surface area contributed by atoms with E-state index in [0.717, 1.165) is 0 Å². The van der Waals surface area contributed by atoms with Crippen molar-refractivity contribution in [2.75, 3.05) is 12.4 Å². The first-order valence-electron chi connectivity index (χ1n) is 10.2. The Labute approximate surface area is 196 Å². The van der Waals surface area contributed by atoms with Gasteiger partial charge in [0.05, 0.1) is 12.0 Å². The number of hydrogen-bond acceptors (Lipinski definition) is 6. The minimum atomic E-state index is -4.05. The summed E-state index contributed by atoms with van der Waals surface area (Å²) in [5, 5.41) is 2.56. The number of carbonyl (C=O) groups is 2. The summed E-state index contributed by atoms with van der Waals surface area (Å²) in [4.78, 5) is 25.6. The molecule has 0 saturated carbocycles. The molecule has 0 fully saturated rings. The molecule has 0 heterocycles. The number of anilines is 1. The highest BCUT2D eigenvalue weighted by atomic mass is 32.2. The van der Waals surface area contributed by atoms with Gasteiger partial charge in [0.25, 0.3) is 5.91 Å². The van der Waals surface area contributed by atoms with Gasteiger partial charge in [0.15, 0.2) is 0 Å². The van der Waals surface area contributed by atoms with Crippen LogP contribution in [0.3, 0.4) is 0 Å². The second kappa shape index (κ2) is 10.9. The predicted octanol–water partition coefficient (Wildman–Crippen LogP) is 3.42. The average molecular weight is 487 g/mol. The molecule has 0 bridgehead atoms. The number of methoxy groups -OCH3 is 1. The van der Waals surface area contributed by atoms with E-state index in [1.165, 1.54) is 62.6 Å². The average Bonchev–Trinajstić information content (AvgIpc) is 2.84. The number of esters is 1. The van der Waals surface area contributed by atoms with Gasteiger partial charge in [0.1, 0.15) is 17.6 Å². The normalized spacial score (nSPS) is 12.9. The van der Waals surface area contributed by atoms with Crippen molar-refractivity contribution in [1.82, 2.24) is 4.72 Å². The van der Waals surface area contributed by atoms with Gasteiger partial charge in [0, 0.05) is 11.3 Å². The number of hydrogen-bond donors (Lipinski definition) is 2. The smallest absolute Gasteiger partial charge is 0.325 e. The highest BCUT2D eigenvalue weighted by molar-refractivity contribution is 7.89. The topological polar surface area (TPSA) is 111 Å². The van der Waals surface area contributed by atoms with E-state index in [4.69, 9.17) is 9.47 Å². The molecule has 2 N–H and O–H groups in total. The van der Waals surface area contributed by atoms with Gasteiger partial charge in [-0.3, -0.25) is 9.59 Å². The lowest BCUT2D eigenvalue weighted by molar-refractivity contribution is -0.156. The van der Waals surface area contributed by atoms with Crippen molar-refractivity contribution < 1.29 is 31.9 Å². The van der Waals surface area contributed by atoms with Crippen LogP contribution in [0.4, 0.5) is 10.1 Å². The van der Waals surface area contributed by atoms with Crippen molar-refractivity contribution >= 4 is 27.6 Å². The van der Waals surface area contributed by atoms with E-state index in [0.29, 0.717) is 17.0 Å². The SMILES string of the molecule is COc1ccc(S(=O)(=O)NC(C)C(=O)OC(C(=O)Nc2ccc(F)cc2)c2ccccc2)cc1. The third kappa shape index (κ3) is 6.40. The molecule has 0 aliphatic carbocycles. The first-order chi connectivity index (χ1) is 16.2.